The summed E-state index contributed by atoms with van der Waals surface area (Å²) in [7, 11) is 0. The van der Waals surface area contributed by atoms with Gasteiger partial charge in [0.25, 0.3) is 0 Å². The first-order valence-electron chi connectivity index (χ1n) is 7.63. The van der Waals surface area contributed by atoms with Crippen molar-refractivity contribution in [3.05, 3.63) is 68.9 Å². The number of nitrogens with zero attached hydrogens (tertiary/aromatic N) is 3. The highest BCUT2D eigenvalue weighted by Gasteiger charge is 2.13. The lowest BCUT2D eigenvalue weighted by molar-refractivity contribution is -0.113. The molecule has 3 aromatic rings. The van der Waals surface area contributed by atoms with Crippen LogP contribution in [0.5, 0.6) is 0 Å². The van der Waals surface area contributed by atoms with Crippen molar-refractivity contribution in [2.45, 2.75) is 11.6 Å². The zero-order chi connectivity index (χ0) is 18.5. The molecule has 1 amide bonds. The molecule has 0 saturated heterocycles. The van der Waals surface area contributed by atoms with Gasteiger partial charge in [0.2, 0.25) is 11.1 Å². The second kappa shape index (κ2) is 8.70. The molecule has 1 heterocycles. The maximum absolute atomic E-state index is 12.1. The van der Waals surface area contributed by atoms with Gasteiger partial charge in [0.05, 0.1) is 5.75 Å². The van der Waals surface area contributed by atoms with Crippen molar-refractivity contribution in [2.75, 3.05) is 16.9 Å². The Kier molecular flexibility index (Phi) is 6.33. The number of hydrogen-bond donors (Lipinski definition) is 2. The van der Waals surface area contributed by atoms with Crippen molar-refractivity contribution in [1.29, 1.82) is 0 Å². The topological polar surface area (TPSA) is 85.8 Å². The van der Waals surface area contributed by atoms with Gasteiger partial charge in [-0.1, -0.05) is 55.8 Å². The van der Waals surface area contributed by atoms with Crippen molar-refractivity contribution >= 4 is 55.2 Å². The smallest absolute Gasteiger partial charge is 0.234 e. The molecule has 0 saturated carbocycles. The van der Waals surface area contributed by atoms with Crippen LogP contribution in [0.2, 0.25) is 0 Å². The van der Waals surface area contributed by atoms with Gasteiger partial charge in [-0.3, -0.25) is 4.79 Å². The molecule has 3 N–H and O–H groups in total. The predicted molar refractivity (Wildman–Crippen MR) is 111 cm³/mol. The fraction of sp³-hybridized carbons (Fsp3) is 0.118. The van der Waals surface area contributed by atoms with Crippen molar-refractivity contribution in [1.82, 2.24) is 14.9 Å². The number of rotatable bonds is 6. The third kappa shape index (κ3) is 5.09. The summed E-state index contributed by atoms with van der Waals surface area (Å²) >= 11 is 8.02. The molecule has 0 radical (unpaired) electrons. The Morgan fingerprint density at radius 1 is 1.04 bits per heavy atom. The average Bonchev–Trinajstić information content (AvgIpc) is 2.97. The Morgan fingerprint density at radius 3 is 2.31 bits per heavy atom. The number of anilines is 1. The molecule has 9 heteroatoms. The lowest BCUT2D eigenvalue weighted by Gasteiger charge is -2.06. The van der Waals surface area contributed by atoms with Gasteiger partial charge < -0.3 is 11.2 Å². The van der Waals surface area contributed by atoms with E-state index in [-0.39, 0.29) is 11.7 Å². The number of benzene rings is 2. The minimum Gasteiger partial charge on any atom is -0.336 e. The van der Waals surface area contributed by atoms with Gasteiger partial charge in [0.1, 0.15) is 0 Å². The summed E-state index contributed by atoms with van der Waals surface area (Å²) in [6.07, 6.45) is 0.572. The van der Waals surface area contributed by atoms with E-state index in [1.807, 2.05) is 48.5 Å². The highest BCUT2D eigenvalue weighted by molar-refractivity contribution is 9.10. The van der Waals surface area contributed by atoms with Crippen LogP contribution in [0, 0.1) is 0 Å². The van der Waals surface area contributed by atoms with E-state index in [0.29, 0.717) is 17.4 Å². The largest absolute Gasteiger partial charge is 0.336 e. The van der Waals surface area contributed by atoms with E-state index < -0.39 is 0 Å². The van der Waals surface area contributed by atoms with E-state index in [0.717, 1.165) is 20.2 Å². The van der Waals surface area contributed by atoms with Gasteiger partial charge in [-0.2, -0.15) is 0 Å². The number of nitrogens with two attached hydrogens (primary N) is 1. The first-order valence-corrected chi connectivity index (χ1v) is 10.2. The van der Waals surface area contributed by atoms with Crippen LogP contribution in [-0.4, -0.2) is 26.5 Å². The zero-order valence-electron chi connectivity index (χ0n) is 13.5. The van der Waals surface area contributed by atoms with Crippen LogP contribution in [-0.2, 0) is 11.2 Å². The predicted octanol–water partition coefficient (Wildman–Crippen LogP) is 3.84. The minimum atomic E-state index is -0.130. The number of amides is 1. The van der Waals surface area contributed by atoms with Crippen molar-refractivity contribution < 1.29 is 4.79 Å². The molecule has 0 spiro atoms. The zero-order valence-corrected chi connectivity index (χ0v) is 17.5. The van der Waals surface area contributed by atoms with Crippen LogP contribution in [0.3, 0.4) is 0 Å². The summed E-state index contributed by atoms with van der Waals surface area (Å²) in [4.78, 5) is 12.1. The lowest BCUT2D eigenvalue weighted by atomic mass is 10.1. The highest BCUT2D eigenvalue weighted by Crippen LogP contribution is 2.19. The molecule has 0 aliphatic carbocycles. The summed E-state index contributed by atoms with van der Waals surface area (Å²) in [6, 6.07) is 15.3. The Balaban J connectivity index is 1.56. The average molecular weight is 497 g/mol. The van der Waals surface area contributed by atoms with E-state index in [2.05, 4.69) is 47.4 Å². The highest BCUT2D eigenvalue weighted by atomic mass is 79.9. The SMILES string of the molecule is Nn1c(Cc2ccc(Br)cc2)nnc1SCC(=O)Nc1ccc(Br)cc1. The molecule has 0 aliphatic heterocycles. The van der Waals surface area contributed by atoms with Gasteiger partial charge >= 0.3 is 0 Å². The number of hydrogen-bond acceptors (Lipinski definition) is 5. The second-order valence-electron chi connectivity index (χ2n) is 5.42. The summed E-state index contributed by atoms with van der Waals surface area (Å²) in [6.45, 7) is 0. The van der Waals surface area contributed by atoms with Crippen LogP contribution in [0.4, 0.5) is 5.69 Å². The van der Waals surface area contributed by atoms with Crippen molar-refractivity contribution in [3.63, 3.8) is 0 Å². The standard InChI is InChI=1S/C17H15Br2N5OS/c18-12-3-1-11(2-4-12)9-15-22-23-17(24(15)20)26-10-16(25)21-14-7-5-13(19)6-8-14/h1-8H,9-10,20H2,(H,21,25). The van der Waals surface area contributed by atoms with Gasteiger partial charge in [-0.05, 0) is 42.0 Å². The number of carbonyl (C=O) groups is 1. The Labute approximate surface area is 171 Å². The maximum atomic E-state index is 12.1. The van der Waals surface area contributed by atoms with Crippen LogP contribution in [0.1, 0.15) is 11.4 Å². The van der Waals surface area contributed by atoms with E-state index in [1.165, 1.54) is 16.4 Å². The van der Waals surface area contributed by atoms with Gasteiger partial charge in [0, 0.05) is 21.1 Å². The van der Waals surface area contributed by atoms with Gasteiger partial charge in [-0.15, -0.1) is 10.2 Å². The van der Waals surface area contributed by atoms with Gasteiger partial charge in [-0.25, -0.2) is 4.68 Å². The first kappa shape index (κ1) is 18.9. The summed E-state index contributed by atoms with van der Waals surface area (Å²) in [5.41, 5.74) is 1.82. The van der Waals surface area contributed by atoms with E-state index in [1.54, 1.807) is 0 Å². The molecule has 0 aliphatic rings. The molecule has 26 heavy (non-hydrogen) atoms. The Morgan fingerprint density at radius 2 is 1.65 bits per heavy atom. The second-order valence-corrected chi connectivity index (χ2v) is 8.19. The van der Waals surface area contributed by atoms with Crippen molar-refractivity contribution in [3.8, 4) is 0 Å². The van der Waals surface area contributed by atoms with E-state index in [9.17, 15) is 4.79 Å². The van der Waals surface area contributed by atoms with Crippen molar-refractivity contribution in [2.24, 2.45) is 0 Å². The molecule has 3 rings (SSSR count). The lowest BCUT2D eigenvalue weighted by Crippen LogP contribution is -2.17. The Bertz CT molecular complexity index is 897. The third-order valence-corrected chi connectivity index (χ3v) is 5.47. The molecule has 0 fully saturated rings. The summed E-state index contributed by atoms with van der Waals surface area (Å²) in [5, 5.41) is 11.5. The monoisotopic (exact) mass is 495 g/mol. The number of nitrogens with one attached hydrogen (secondary N) is 1. The number of carbonyl (C=O) groups excluding carboxylic acids is 1. The molecule has 134 valence electrons. The van der Waals surface area contributed by atoms with E-state index >= 15 is 0 Å². The fourth-order valence-corrected chi connectivity index (χ4v) is 3.38. The summed E-state index contributed by atoms with van der Waals surface area (Å²) < 4.78 is 3.41. The maximum Gasteiger partial charge on any atom is 0.234 e. The summed E-state index contributed by atoms with van der Waals surface area (Å²) in [5.74, 6) is 6.77. The molecule has 0 atom stereocenters. The molecular formula is C17H15Br2N5OS. The minimum absolute atomic E-state index is 0.130. The van der Waals surface area contributed by atoms with Crippen LogP contribution in [0.15, 0.2) is 62.6 Å². The molecular weight excluding hydrogens is 482 g/mol. The van der Waals surface area contributed by atoms with Crippen LogP contribution < -0.4 is 11.2 Å². The van der Waals surface area contributed by atoms with Crippen LogP contribution in [0.25, 0.3) is 0 Å². The third-order valence-electron chi connectivity index (χ3n) is 3.47. The fourth-order valence-electron chi connectivity index (χ4n) is 2.17. The number of aromatic nitrogens is 3. The number of halogens is 2. The molecule has 1 aromatic heterocycles. The number of thioether (sulfide) groups is 1. The first-order chi connectivity index (χ1) is 12.5. The molecule has 0 unspecified atom stereocenters. The van der Waals surface area contributed by atoms with E-state index in [4.69, 9.17) is 5.84 Å². The number of nitrogen functional groups attached to an aromatic ring is 1. The van der Waals surface area contributed by atoms with Crippen LogP contribution >= 0.6 is 43.6 Å². The van der Waals surface area contributed by atoms with Gasteiger partial charge in [0.15, 0.2) is 5.82 Å². The molecule has 6 nitrogen and oxygen atoms in total. The normalized spacial score (nSPS) is 10.7. The molecule has 2 aromatic carbocycles. The Hall–Kier alpha value is -1.84. The molecule has 0 bridgehead atoms. The quantitative estimate of drug-likeness (QED) is 0.400.